The van der Waals surface area contributed by atoms with E-state index in [1.54, 1.807) is 18.5 Å². The van der Waals surface area contributed by atoms with Gasteiger partial charge in [0.1, 0.15) is 11.4 Å². The van der Waals surface area contributed by atoms with Crippen molar-refractivity contribution in [1.82, 2.24) is 9.78 Å². The summed E-state index contributed by atoms with van der Waals surface area (Å²) in [6.07, 6.45) is 0. The lowest BCUT2D eigenvalue weighted by atomic mass is 10.3. The minimum atomic E-state index is -0.393. The van der Waals surface area contributed by atoms with Crippen molar-refractivity contribution in [3.8, 4) is 0 Å². The van der Waals surface area contributed by atoms with Gasteiger partial charge in [-0.05, 0) is 26.0 Å². The highest BCUT2D eigenvalue weighted by Gasteiger charge is 2.21. The Balaban J connectivity index is 2.34. The van der Waals surface area contributed by atoms with Crippen molar-refractivity contribution in [3.05, 3.63) is 42.8 Å². The van der Waals surface area contributed by atoms with E-state index in [9.17, 15) is 10.1 Å². The van der Waals surface area contributed by atoms with Crippen LogP contribution < -0.4 is 0 Å². The molecule has 0 unspecified atom stereocenters. The minimum absolute atomic E-state index is 0.0904. The Kier molecular flexibility index (Phi) is 3.17. The fourth-order valence-corrected chi connectivity index (χ4v) is 2.76. The molecule has 90 valence electrons. The van der Waals surface area contributed by atoms with Gasteiger partial charge in [0.05, 0.1) is 15.8 Å². The maximum absolute atomic E-state index is 10.8. The molecule has 2 heterocycles. The molecule has 0 aliphatic carbocycles. The lowest BCUT2D eigenvalue weighted by molar-refractivity contribution is -0.386. The summed E-state index contributed by atoms with van der Waals surface area (Å²) in [4.78, 5) is 11.5. The molecule has 0 aromatic carbocycles. The topological polar surface area (TPSA) is 61.0 Å². The van der Waals surface area contributed by atoms with E-state index in [1.165, 1.54) is 11.3 Å². The van der Waals surface area contributed by atoms with Crippen molar-refractivity contribution in [2.75, 3.05) is 0 Å². The van der Waals surface area contributed by atoms with Crippen LogP contribution in [-0.2, 0) is 6.54 Å². The third-order valence-electron chi connectivity index (χ3n) is 2.46. The molecule has 0 radical (unpaired) electrons. The van der Waals surface area contributed by atoms with E-state index in [0.717, 1.165) is 4.88 Å². The normalized spacial score (nSPS) is 10.8. The monoisotopic (exact) mass is 271 g/mol. The van der Waals surface area contributed by atoms with E-state index >= 15 is 0 Å². The van der Waals surface area contributed by atoms with Gasteiger partial charge in [-0.2, -0.15) is 5.10 Å². The lowest BCUT2D eigenvalue weighted by Gasteiger charge is -2.00. The Morgan fingerprint density at radius 3 is 2.71 bits per heavy atom. The van der Waals surface area contributed by atoms with Crippen molar-refractivity contribution < 1.29 is 4.92 Å². The average Bonchev–Trinajstić information content (AvgIpc) is 2.73. The summed E-state index contributed by atoms with van der Waals surface area (Å²) < 4.78 is 2.34. The summed E-state index contributed by atoms with van der Waals surface area (Å²) in [7, 11) is 0. The number of hydrogen-bond acceptors (Lipinski definition) is 4. The SMILES string of the molecule is Cc1nn(Cc2ccc(Cl)s2)c(C)c1[N+](=O)[O-]. The van der Waals surface area contributed by atoms with E-state index in [-0.39, 0.29) is 5.69 Å². The Labute approximate surface area is 107 Å². The van der Waals surface area contributed by atoms with Gasteiger partial charge < -0.3 is 0 Å². The second-order valence-electron chi connectivity index (χ2n) is 3.64. The van der Waals surface area contributed by atoms with Crippen molar-refractivity contribution in [1.29, 1.82) is 0 Å². The van der Waals surface area contributed by atoms with Crippen LogP contribution in [0.25, 0.3) is 0 Å². The highest BCUT2D eigenvalue weighted by atomic mass is 35.5. The zero-order chi connectivity index (χ0) is 12.6. The van der Waals surface area contributed by atoms with Gasteiger partial charge in [0.25, 0.3) is 0 Å². The highest BCUT2D eigenvalue weighted by Crippen LogP contribution is 2.26. The smallest absolute Gasteiger partial charge is 0.258 e. The predicted octanol–water partition coefficient (Wildman–Crippen LogP) is 3.17. The predicted molar refractivity (Wildman–Crippen MR) is 66.8 cm³/mol. The van der Waals surface area contributed by atoms with E-state index < -0.39 is 4.92 Å². The van der Waals surface area contributed by atoms with Gasteiger partial charge in [0, 0.05) is 4.88 Å². The zero-order valence-electron chi connectivity index (χ0n) is 9.31. The molecule has 0 saturated heterocycles. The van der Waals surface area contributed by atoms with Crippen LogP contribution in [0.15, 0.2) is 12.1 Å². The van der Waals surface area contributed by atoms with Gasteiger partial charge >= 0.3 is 5.69 Å². The summed E-state index contributed by atoms with van der Waals surface area (Å²) in [6, 6.07) is 3.71. The summed E-state index contributed by atoms with van der Waals surface area (Å²) in [5.41, 5.74) is 1.10. The number of hydrogen-bond donors (Lipinski definition) is 0. The fourth-order valence-electron chi connectivity index (χ4n) is 1.69. The molecular weight excluding hydrogens is 262 g/mol. The number of aromatic nitrogens is 2. The van der Waals surface area contributed by atoms with Crippen LogP contribution in [0, 0.1) is 24.0 Å². The Morgan fingerprint density at radius 1 is 1.53 bits per heavy atom. The van der Waals surface area contributed by atoms with Crippen LogP contribution in [0.3, 0.4) is 0 Å². The van der Waals surface area contributed by atoms with Gasteiger partial charge in [-0.3, -0.25) is 14.8 Å². The number of halogens is 1. The van der Waals surface area contributed by atoms with Crippen LogP contribution in [0.4, 0.5) is 5.69 Å². The first-order valence-corrected chi connectivity index (χ1v) is 6.11. The second kappa shape index (κ2) is 4.46. The first-order chi connectivity index (χ1) is 7.99. The zero-order valence-corrected chi connectivity index (χ0v) is 10.9. The number of rotatable bonds is 3. The van der Waals surface area contributed by atoms with Gasteiger partial charge in [-0.1, -0.05) is 11.6 Å². The number of nitro groups is 1. The van der Waals surface area contributed by atoms with Crippen molar-refractivity contribution in [3.63, 3.8) is 0 Å². The molecule has 0 aliphatic heterocycles. The minimum Gasteiger partial charge on any atom is -0.258 e. The van der Waals surface area contributed by atoms with E-state index in [1.807, 2.05) is 12.1 Å². The molecule has 0 bridgehead atoms. The van der Waals surface area contributed by atoms with E-state index in [2.05, 4.69) is 5.10 Å². The molecule has 2 aromatic heterocycles. The van der Waals surface area contributed by atoms with E-state index in [4.69, 9.17) is 11.6 Å². The average molecular weight is 272 g/mol. The third-order valence-corrected chi connectivity index (χ3v) is 3.68. The van der Waals surface area contributed by atoms with E-state index in [0.29, 0.717) is 22.3 Å². The standard InChI is InChI=1S/C10H10ClN3O2S/c1-6-10(14(15)16)7(2)13(12-6)5-8-3-4-9(11)17-8/h3-4H,5H2,1-2H3. The molecule has 0 atom stereocenters. The molecule has 0 N–H and O–H groups in total. The molecule has 0 amide bonds. The van der Waals surface area contributed by atoms with Gasteiger partial charge in [-0.25, -0.2) is 0 Å². The molecule has 0 spiro atoms. The van der Waals surface area contributed by atoms with Crippen LogP contribution in [0.5, 0.6) is 0 Å². The third kappa shape index (κ3) is 2.32. The largest absolute Gasteiger partial charge is 0.312 e. The highest BCUT2D eigenvalue weighted by molar-refractivity contribution is 7.16. The number of thiophene rings is 1. The summed E-state index contributed by atoms with van der Waals surface area (Å²) in [5.74, 6) is 0. The van der Waals surface area contributed by atoms with Gasteiger partial charge in [0.2, 0.25) is 0 Å². The summed E-state index contributed by atoms with van der Waals surface area (Å²) >= 11 is 7.28. The van der Waals surface area contributed by atoms with Crippen LogP contribution >= 0.6 is 22.9 Å². The molecule has 17 heavy (non-hydrogen) atoms. The number of aryl methyl sites for hydroxylation is 1. The molecule has 2 aromatic rings. The molecule has 0 saturated carbocycles. The summed E-state index contributed by atoms with van der Waals surface area (Å²) in [5, 5.41) is 15.0. The van der Waals surface area contributed by atoms with Crippen LogP contribution in [0.1, 0.15) is 16.3 Å². The summed E-state index contributed by atoms with van der Waals surface area (Å²) in [6.45, 7) is 3.86. The Hall–Kier alpha value is -1.40. The van der Waals surface area contributed by atoms with Crippen LogP contribution in [0.2, 0.25) is 4.34 Å². The second-order valence-corrected chi connectivity index (χ2v) is 5.44. The van der Waals surface area contributed by atoms with Crippen molar-refractivity contribution in [2.24, 2.45) is 0 Å². The van der Waals surface area contributed by atoms with Crippen molar-refractivity contribution >= 4 is 28.6 Å². The molecule has 5 nitrogen and oxygen atoms in total. The molecule has 7 heteroatoms. The molecular formula is C10H10ClN3O2S. The Morgan fingerprint density at radius 2 is 2.24 bits per heavy atom. The molecule has 0 aliphatic rings. The first-order valence-electron chi connectivity index (χ1n) is 4.91. The first kappa shape index (κ1) is 12.1. The van der Waals surface area contributed by atoms with Crippen LogP contribution in [-0.4, -0.2) is 14.7 Å². The molecule has 2 rings (SSSR count). The lowest BCUT2D eigenvalue weighted by Crippen LogP contribution is -2.02. The molecule has 0 fully saturated rings. The quantitative estimate of drug-likeness (QED) is 0.636. The maximum Gasteiger partial charge on any atom is 0.312 e. The Bertz CT molecular complexity index is 576. The fraction of sp³-hybridized carbons (Fsp3) is 0.300. The maximum atomic E-state index is 10.8. The van der Waals surface area contributed by atoms with Gasteiger partial charge in [0.15, 0.2) is 0 Å². The number of nitrogens with zero attached hydrogens (tertiary/aromatic N) is 3. The van der Waals surface area contributed by atoms with Crippen molar-refractivity contribution in [2.45, 2.75) is 20.4 Å². The van der Waals surface area contributed by atoms with Gasteiger partial charge in [-0.15, -0.1) is 11.3 Å².